The van der Waals surface area contributed by atoms with Crippen molar-refractivity contribution in [3.63, 3.8) is 0 Å². The Labute approximate surface area is 169 Å². The van der Waals surface area contributed by atoms with Crippen molar-refractivity contribution in [1.82, 2.24) is 9.88 Å². The zero-order valence-corrected chi connectivity index (χ0v) is 16.8. The zero-order chi connectivity index (χ0) is 19.7. The number of pyridine rings is 1. The van der Waals surface area contributed by atoms with Crippen LogP contribution in [0.2, 0.25) is 0 Å². The topological polar surface area (TPSA) is 42.4 Å². The maximum absolute atomic E-state index is 12.4. The predicted molar refractivity (Wildman–Crippen MR) is 113 cm³/mol. The first-order chi connectivity index (χ1) is 13.6. The summed E-state index contributed by atoms with van der Waals surface area (Å²) >= 11 is 1.77. The number of fused-ring (bicyclic) bond motifs is 1. The number of carbonyl (C=O) groups excluding carboxylic acids is 1. The SMILES string of the molecule is C=CC(=O)N1Cc2sc(C)cc2[C@@H](c2ccccc2-c2ccc(OC)nc2)C1. The fourth-order valence-electron chi connectivity index (χ4n) is 3.84. The molecular weight excluding hydrogens is 368 g/mol. The third-order valence-electron chi connectivity index (χ3n) is 5.16. The average Bonchev–Trinajstić information content (AvgIpc) is 3.12. The van der Waals surface area contributed by atoms with Gasteiger partial charge in [0, 0.05) is 40.0 Å². The lowest BCUT2D eigenvalue weighted by molar-refractivity contribution is -0.127. The standard InChI is InChI=1S/C23H22N2O2S/c1-4-23(26)25-13-20(19-11-15(2)28-21(19)14-25)18-8-6-5-7-17(18)16-9-10-22(27-3)24-12-16/h4-12,20H,1,13-14H2,2-3H3/t20-/m1/s1. The first-order valence-corrected chi connectivity index (χ1v) is 10.0. The summed E-state index contributed by atoms with van der Waals surface area (Å²) in [7, 11) is 1.61. The Bertz CT molecular complexity index is 1020. The van der Waals surface area contributed by atoms with E-state index < -0.39 is 0 Å². The summed E-state index contributed by atoms with van der Waals surface area (Å²) in [5.41, 5.74) is 4.70. The maximum Gasteiger partial charge on any atom is 0.246 e. The van der Waals surface area contributed by atoms with E-state index in [4.69, 9.17) is 4.74 Å². The number of nitrogens with zero attached hydrogens (tertiary/aromatic N) is 2. The molecule has 0 aliphatic carbocycles. The van der Waals surface area contributed by atoms with Gasteiger partial charge in [0.05, 0.1) is 13.7 Å². The van der Waals surface area contributed by atoms with Gasteiger partial charge in [-0.1, -0.05) is 30.8 Å². The summed E-state index contributed by atoms with van der Waals surface area (Å²) in [5.74, 6) is 0.693. The third-order valence-corrected chi connectivity index (χ3v) is 6.21. The molecule has 3 heterocycles. The molecule has 0 saturated carbocycles. The molecule has 0 bridgehead atoms. The molecule has 4 nitrogen and oxygen atoms in total. The van der Waals surface area contributed by atoms with E-state index in [2.05, 4.69) is 42.8 Å². The van der Waals surface area contributed by atoms with Crippen molar-refractivity contribution in [2.24, 2.45) is 0 Å². The molecule has 3 aromatic rings. The molecule has 1 aliphatic rings. The Morgan fingerprint density at radius 2 is 2.11 bits per heavy atom. The molecule has 1 amide bonds. The highest BCUT2D eigenvalue weighted by molar-refractivity contribution is 7.12. The highest BCUT2D eigenvalue weighted by atomic mass is 32.1. The second-order valence-corrected chi connectivity index (χ2v) is 8.23. The van der Waals surface area contributed by atoms with Crippen LogP contribution in [0.25, 0.3) is 11.1 Å². The van der Waals surface area contributed by atoms with Gasteiger partial charge in [-0.25, -0.2) is 4.98 Å². The van der Waals surface area contributed by atoms with Crippen molar-refractivity contribution in [2.45, 2.75) is 19.4 Å². The minimum absolute atomic E-state index is 0.0229. The van der Waals surface area contributed by atoms with Gasteiger partial charge in [-0.15, -0.1) is 11.3 Å². The number of thiophene rings is 1. The minimum Gasteiger partial charge on any atom is -0.481 e. The van der Waals surface area contributed by atoms with Crippen LogP contribution in [0.4, 0.5) is 0 Å². The molecule has 1 atom stereocenters. The van der Waals surface area contributed by atoms with Gasteiger partial charge < -0.3 is 9.64 Å². The normalized spacial score (nSPS) is 15.8. The van der Waals surface area contributed by atoms with E-state index in [1.165, 1.54) is 27.0 Å². The lowest BCUT2D eigenvalue weighted by atomic mass is 9.84. The fourth-order valence-corrected chi connectivity index (χ4v) is 4.96. The molecule has 0 radical (unpaired) electrons. The second kappa shape index (κ2) is 7.60. The Hall–Kier alpha value is -2.92. The predicted octanol–water partition coefficient (Wildman–Crippen LogP) is 4.79. The molecule has 142 valence electrons. The van der Waals surface area contributed by atoms with Crippen molar-refractivity contribution in [2.75, 3.05) is 13.7 Å². The monoisotopic (exact) mass is 390 g/mol. The van der Waals surface area contributed by atoms with Gasteiger partial charge in [0.2, 0.25) is 11.8 Å². The van der Waals surface area contributed by atoms with Crippen LogP contribution in [0, 0.1) is 6.92 Å². The first-order valence-electron chi connectivity index (χ1n) is 9.20. The summed E-state index contributed by atoms with van der Waals surface area (Å²) in [6.07, 6.45) is 3.24. The van der Waals surface area contributed by atoms with Crippen LogP contribution in [0.5, 0.6) is 5.88 Å². The molecule has 1 aliphatic heterocycles. The van der Waals surface area contributed by atoms with E-state index >= 15 is 0 Å². The van der Waals surface area contributed by atoms with E-state index in [9.17, 15) is 4.79 Å². The lowest BCUT2D eigenvalue weighted by Crippen LogP contribution is -2.37. The minimum atomic E-state index is -0.0229. The molecular formula is C23H22N2O2S. The Kier molecular flexibility index (Phi) is 5.01. The van der Waals surface area contributed by atoms with Crippen LogP contribution < -0.4 is 4.74 Å². The maximum atomic E-state index is 12.4. The molecule has 28 heavy (non-hydrogen) atoms. The molecule has 0 fully saturated rings. The molecule has 5 heteroatoms. The number of hydrogen-bond donors (Lipinski definition) is 0. The Morgan fingerprint density at radius 1 is 1.29 bits per heavy atom. The number of methoxy groups -OCH3 is 1. The number of rotatable bonds is 4. The molecule has 0 N–H and O–H groups in total. The number of ether oxygens (including phenoxy) is 1. The van der Waals surface area contributed by atoms with Gasteiger partial charge in [-0.2, -0.15) is 0 Å². The van der Waals surface area contributed by atoms with Crippen LogP contribution >= 0.6 is 11.3 Å². The Morgan fingerprint density at radius 3 is 2.82 bits per heavy atom. The lowest BCUT2D eigenvalue weighted by Gasteiger charge is -2.33. The van der Waals surface area contributed by atoms with E-state index in [0.717, 1.165) is 11.1 Å². The first kappa shape index (κ1) is 18.4. The van der Waals surface area contributed by atoms with Crippen molar-refractivity contribution in [3.05, 3.63) is 82.2 Å². The molecule has 0 unspecified atom stereocenters. The smallest absolute Gasteiger partial charge is 0.246 e. The number of amides is 1. The molecule has 1 aromatic carbocycles. The number of carbonyl (C=O) groups is 1. The quantitative estimate of drug-likeness (QED) is 0.602. The largest absolute Gasteiger partial charge is 0.481 e. The van der Waals surface area contributed by atoms with E-state index in [1.54, 1.807) is 18.4 Å². The van der Waals surface area contributed by atoms with E-state index in [0.29, 0.717) is 19.0 Å². The van der Waals surface area contributed by atoms with Crippen LogP contribution in [-0.4, -0.2) is 29.4 Å². The van der Waals surface area contributed by atoms with E-state index in [-0.39, 0.29) is 11.8 Å². The number of benzene rings is 1. The number of aryl methyl sites for hydroxylation is 1. The highest BCUT2D eigenvalue weighted by Gasteiger charge is 2.31. The summed E-state index contributed by atoms with van der Waals surface area (Å²) in [5, 5.41) is 0. The zero-order valence-electron chi connectivity index (χ0n) is 16.0. The Balaban J connectivity index is 1.81. The van der Waals surface area contributed by atoms with Crippen LogP contribution in [-0.2, 0) is 11.3 Å². The summed E-state index contributed by atoms with van der Waals surface area (Å²) in [6.45, 7) is 7.09. The van der Waals surface area contributed by atoms with Gasteiger partial charge in [0.15, 0.2) is 0 Å². The van der Waals surface area contributed by atoms with Crippen molar-refractivity contribution in [1.29, 1.82) is 0 Å². The summed E-state index contributed by atoms with van der Waals surface area (Å²) < 4.78 is 5.19. The van der Waals surface area contributed by atoms with Gasteiger partial charge in [-0.05, 0) is 41.8 Å². The summed E-state index contributed by atoms with van der Waals surface area (Å²) in [6, 6.07) is 14.5. The van der Waals surface area contributed by atoms with Crippen molar-refractivity contribution < 1.29 is 9.53 Å². The van der Waals surface area contributed by atoms with Gasteiger partial charge in [0.25, 0.3) is 0 Å². The average molecular weight is 391 g/mol. The van der Waals surface area contributed by atoms with Gasteiger partial charge >= 0.3 is 0 Å². The van der Waals surface area contributed by atoms with Crippen LogP contribution in [0.3, 0.4) is 0 Å². The van der Waals surface area contributed by atoms with E-state index in [1.807, 2.05) is 29.3 Å². The molecule has 0 saturated heterocycles. The third kappa shape index (κ3) is 3.34. The number of aromatic nitrogens is 1. The molecule has 0 spiro atoms. The summed E-state index contributed by atoms with van der Waals surface area (Å²) in [4.78, 5) is 21.2. The fraction of sp³-hybridized carbons (Fsp3) is 0.217. The van der Waals surface area contributed by atoms with Crippen molar-refractivity contribution in [3.8, 4) is 17.0 Å². The number of hydrogen-bond acceptors (Lipinski definition) is 4. The van der Waals surface area contributed by atoms with Crippen LogP contribution in [0.1, 0.15) is 26.8 Å². The van der Waals surface area contributed by atoms with Gasteiger partial charge in [-0.3, -0.25) is 4.79 Å². The second-order valence-electron chi connectivity index (χ2n) is 6.89. The highest BCUT2D eigenvalue weighted by Crippen LogP contribution is 2.41. The molecule has 4 rings (SSSR count). The molecule has 2 aromatic heterocycles. The van der Waals surface area contributed by atoms with Gasteiger partial charge in [0.1, 0.15) is 0 Å². The van der Waals surface area contributed by atoms with Crippen LogP contribution in [0.15, 0.2) is 61.3 Å². The van der Waals surface area contributed by atoms with Crippen molar-refractivity contribution >= 4 is 17.2 Å².